The molecule has 0 aliphatic heterocycles. The molecule has 1 aromatic rings. The molecule has 14 heavy (non-hydrogen) atoms. The van der Waals surface area contributed by atoms with E-state index in [1.165, 1.54) is 11.3 Å². The van der Waals surface area contributed by atoms with Gasteiger partial charge in [-0.15, -0.1) is 11.3 Å². The first-order valence-corrected chi connectivity index (χ1v) is 5.78. The third-order valence-corrected chi connectivity index (χ3v) is 2.71. The molecular formula is C9H12BrNO2S. The van der Waals surface area contributed by atoms with Crippen LogP contribution < -0.4 is 10.1 Å². The molecule has 0 atom stereocenters. The number of carbonyl (C=O) groups is 1. The van der Waals surface area contributed by atoms with Crippen molar-refractivity contribution in [3.8, 4) is 5.75 Å². The Balaban J connectivity index is 2.50. The Bertz CT molecular complexity index is 330. The number of hydrogen-bond donors (Lipinski definition) is 1. The van der Waals surface area contributed by atoms with Crippen LogP contribution in [0.4, 0.5) is 4.79 Å². The van der Waals surface area contributed by atoms with E-state index in [1.807, 2.05) is 20.8 Å². The Labute approximate surface area is 95.6 Å². The van der Waals surface area contributed by atoms with E-state index in [-0.39, 0.29) is 5.54 Å². The third-order valence-electron chi connectivity index (χ3n) is 1.23. The summed E-state index contributed by atoms with van der Waals surface area (Å²) < 4.78 is 5.98. The van der Waals surface area contributed by atoms with Crippen molar-refractivity contribution >= 4 is 33.4 Å². The molecule has 0 spiro atoms. The van der Waals surface area contributed by atoms with Crippen LogP contribution >= 0.6 is 27.3 Å². The second kappa shape index (κ2) is 4.31. The molecule has 1 heterocycles. The minimum Gasteiger partial charge on any atom is -0.409 e. The molecule has 0 saturated heterocycles. The van der Waals surface area contributed by atoms with Gasteiger partial charge in [-0.05, 0) is 36.7 Å². The molecule has 3 nitrogen and oxygen atoms in total. The lowest BCUT2D eigenvalue weighted by Crippen LogP contribution is -2.42. The Morgan fingerprint density at radius 1 is 1.57 bits per heavy atom. The zero-order valence-electron chi connectivity index (χ0n) is 8.26. The summed E-state index contributed by atoms with van der Waals surface area (Å²) in [6, 6.07) is 1.76. The van der Waals surface area contributed by atoms with Crippen LogP contribution in [0.1, 0.15) is 20.8 Å². The maximum atomic E-state index is 11.3. The van der Waals surface area contributed by atoms with Crippen LogP contribution in [0, 0.1) is 0 Å². The quantitative estimate of drug-likeness (QED) is 0.855. The topological polar surface area (TPSA) is 38.3 Å². The van der Waals surface area contributed by atoms with E-state index in [0.29, 0.717) is 5.75 Å². The molecule has 0 unspecified atom stereocenters. The van der Waals surface area contributed by atoms with Gasteiger partial charge in [-0.25, -0.2) is 4.79 Å². The van der Waals surface area contributed by atoms with E-state index in [0.717, 1.165) is 3.79 Å². The number of halogens is 1. The number of hydrogen-bond acceptors (Lipinski definition) is 3. The number of ether oxygens (including phenoxy) is 1. The summed E-state index contributed by atoms with van der Waals surface area (Å²) in [6.07, 6.45) is -0.428. The summed E-state index contributed by atoms with van der Waals surface area (Å²) >= 11 is 4.77. The lowest BCUT2D eigenvalue weighted by Gasteiger charge is -2.19. The fraction of sp³-hybridized carbons (Fsp3) is 0.444. The van der Waals surface area contributed by atoms with Gasteiger partial charge in [-0.2, -0.15) is 0 Å². The standard InChI is InChI=1S/C9H12BrNO2S/c1-9(2,3)11-8(12)13-6-4-7(10)14-5-6/h4-5H,1-3H3,(H,11,12). The first-order valence-electron chi connectivity index (χ1n) is 4.11. The molecule has 0 aromatic carbocycles. The van der Waals surface area contributed by atoms with Crippen LogP contribution in [-0.2, 0) is 0 Å². The summed E-state index contributed by atoms with van der Waals surface area (Å²) in [7, 11) is 0. The fourth-order valence-electron chi connectivity index (χ4n) is 0.787. The molecule has 0 aliphatic rings. The van der Waals surface area contributed by atoms with Gasteiger partial charge in [0.15, 0.2) is 0 Å². The van der Waals surface area contributed by atoms with E-state index in [9.17, 15) is 4.79 Å². The number of amides is 1. The molecule has 0 aliphatic carbocycles. The zero-order valence-corrected chi connectivity index (χ0v) is 10.7. The van der Waals surface area contributed by atoms with Gasteiger partial charge in [-0.3, -0.25) is 0 Å². The highest BCUT2D eigenvalue weighted by atomic mass is 79.9. The first-order chi connectivity index (χ1) is 6.37. The number of carbonyl (C=O) groups excluding carboxylic acids is 1. The highest BCUT2D eigenvalue weighted by Gasteiger charge is 2.15. The zero-order chi connectivity index (χ0) is 10.8. The van der Waals surface area contributed by atoms with Gasteiger partial charge in [0.25, 0.3) is 0 Å². The fourth-order valence-corrected chi connectivity index (χ4v) is 1.82. The molecule has 78 valence electrons. The first kappa shape index (κ1) is 11.5. The molecule has 5 heteroatoms. The Morgan fingerprint density at radius 3 is 2.64 bits per heavy atom. The number of rotatable bonds is 1. The molecular weight excluding hydrogens is 266 g/mol. The van der Waals surface area contributed by atoms with Crippen molar-refractivity contribution < 1.29 is 9.53 Å². The third kappa shape index (κ3) is 4.11. The maximum absolute atomic E-state index is 11.3. The van der Waals surface area contributed by atoms with Gasteiger partial charge in [0.05, 0.1) is 3.79 Å². The van der Waals surface area contributed by atoms with E-state index < -0.39 is 6.09 Å². The van der Waals surface area contributed by atoms with Crippen molar-refractivity contribution in [2.75, 3.05) is 0 Å². The molecule has 1 rings (SSSR count). The summed E-state index contributed by atoms with van der Waals surface area (Å²) in [6.45, 7) is 5.70. The number of nitrogens with one attached hydrogen (secondary N) is 1. The van der Waals surface area contributed by atoms with Crippen LogP contribution in [0.2, 0.25) is 0 Å². The molecule has 0 radical (unpaired) electrons. The van der Waals surface area contributed by atoms with E-state index >= 15 is 0 Å². The summed E-state index contributed by atoms with van der Waals surface area (Å²) in [5, 5.41) is 4.48. The second-order valence-corrected chi connectivity index (χ2v) is 6.14. The van der Waals surface area contributed by atoms with Crippen LogP contribution in [0.5, 0.6) is 5.75 Å². The molecule has 1 amide bonds. The molecule has 1 N–H and O–H groups in total. The average Bonchev–Trinajstić information content (AvgIpc) is 2.30. The van der Waals surface area contributed by atoms with E-state index in [1.54, 1.807) is 11.4 Å². The van der Waals surface area contributed by atoms with E-state index in [4.69, 9.17) is 4.74 Å². The van der Waals surface area contributed by atoms with Crippen LogP contribution in [0.15, 0.2) is 15.2 Å². The van der Waals surface area contributed by atoms with Crippen molar-refractivity contribution in [1.29, 1.82) is 0 Å². The van der Waals surface area contributed by atoms with Crippen LogP contribution in [0.25, 0.3) is 0 Å². The highest BCUT2D eigenvalue weighted by Crippen LogP contribution is 2.26. The second-order valence-electron chi connectivity index (χ2n) is 3.85. The van der Waals surface area contributed by atoms with Crippen molar-refractivity contribution in [3.05, 3.63) is 15.2 Å². The maximum Gasteiger partial charge on any atom is 0.413 e. The minimum absolute atomic E-state index is 0.273. The molecule has 1 aromatic heterocycles. The van der Waals surface area contributed by atoms with Crippen molar-refractivity contribution in [1.82, 2.24) is 5.32 Å². The minimum atomic E-state index is -0.428. The lowest BCUT2D eigenvalue weighted by atomic mass is 10.1. The Kier molecular flexibility index (Phi) is 3.55. The molecule has 0 saturated carbocycles. The van der Waals surface area contributed by atoms with Gasteiger partial charge in [0.2, 0.25) is 0 Å². The Morgan fingerprint density at radius 2 is 2.21 bits per heavy atom. The normalized spacial score (nSPS) is 11.1. The van der Waals surface area contributed by atoms with Gasteiger partial charge in [0.1, 0.15) is 5.75 Å². The predicted octanol–water partition coefficient (Wildman–Crippen LogP) is 3.40. The Hall–Kier alpha value is -0.550. The van der Waals surface area contributed by atoms with Gasteiger partial charge in [-0.1, -0.05) is 0 Å². The highest BCUT2D eigenvalue weighted by molar-refractivity contribution is 9.11. The lowest BCUT2D eigenvalue weighted by molar-refractivity contribution is 0.191. The van der Waals surface area contributed by atoms with Gasteiger partial charge >= 0.3 is 6.09 Å². The monoisotopic (exact) mass is 277 g/mol. The van der Waals surface area contributed by atoms with Crippen LogP contribution in [-0.4, -0.2) is 11.6 Å². The SMILES string of the molecule is CC(C)(C)NC(=O)Oc1csc(Br)c1. The summed E-state index contributed by atoms with van der Waals surface area (Å²) in [5.74, 6) is 0.559. The van der Waals surface area contributed by atoms with Crippen LogP contribution in [0.3, 0.4) is 0 Å². The summed E-state index contributed by atoms with van der Waals surface area (Å²) in [4.78, 5) is 11.3. The summed E-state index contributed by atoms with van der Waals surface area (Å²) in [5.41, 5.74) is -0.273. The number of thiophene rings is 1. The smallest absolute Gasteiger partial charge is 0.409 e. The average molecular weight is 278 g/mol. The van der Waals surface area contributed by atoms with Gasteiger partial charge in [0, 0.05) is 17.0 Å². The van der Waals surface area contributed by atoms with E-state index in [2.05, 4.69) is 21.2 Å². The van der Waals surface area contributed by atoms with Crippen molar-refractivity contribution in [2.45, 2.75) is 26.3 Å². The predicted molar refractivity (Wildman–Crippen MR) is 60.9 cm³/mol. The largest absolute Gasteiger partial charge is 0.413 e. The van der Waals surface area contributed by atoms with Crippen molar-refractivity contribution in [3.63, 3.8) is 0 Å². The molecule has 0 fully saturated rings. The molecule has 0 bridgehead atoms. The van der Waals surface area contributed by atoms with Gasteiger partial charge < -0.3 is 10.1 Å². The van der Waals surface area contributed by atoms with Crippen molar-refractivity contribution in [2.24, 2.45) is 0 Å².